The molecule has 2 aliphatic heterocycles. The van der Waals surface area contributed by atoms with Crippen LogP contribution in [0.25, 0.3) is 11.0 Å². The van der Waals surface area contributed by atoms with Crippen LogP contribution in [0.5, 0.6) is 0 Å². The van der Waals surface area contributed by atoms with E-state index in [1.54, 1.807) is 12.1 Å². The Labute approximate surface area is 123 Å². The maximum Gasteiger partial charge on any atom is 0.337 e. The molecule has 0 bridgehead atoms. The van der Waals surface area contributed by atoms with E-state index in [2.05, 4.69) is 14.5 Å². The second-order valence-electron chi connectivity index (χ2n) is 6.11. The number of hydrogen-bond donors (Lipinski definition) is 1. The number of hydrogen-bond acceptors (Lipinski definition) is 3. The predicted molar refractivity (Wildman–Crippen MR) is 79.7 cm³/mol. The highest BCUT2D eigenvalue weighted by Crippen LogP contribution is 2.39. The Morgan fingerprint density at radius 3 is 2.95 bits per heavy atom. The third-order valence-corrected chi connectivity index (χ3v) is 5.02. The Kier molecular flexibility index (Phi) is 2.79. The number of carboxylic acid groups (broad SMARTS) is 1. The summed E-state index contributed by atoms with van der Waals surface area (Å²) in [6, 6.07) is 6.27. The predicted octanol–water partition coefficient (Wildman–Crippen LogP) is 2.45. The van der Waals surface area contributed by atoms with Gasteiger partial charge in [-0.05, 0) is 44.9 Å². The molecule has 2 aromatic rings. The fraction of sp³-hybridized carbons (Fsp3) is 0.500. The average Bonchev–Trinajstić information content (AvgIpc) is 3.11. The van der Waals surface area contributed by atoms with E-state index in [9.17, 15) is 9.90 Å². The van der Waals surface area contributed by atoms with E-state index in [0.29, 0.717) is 17.6 Å². The minimum absolute atomic E-state index is 0.359. The maximum absolute atomic E-state index is 11.6. The van der Waals surface area contributed by atoms with Crippen molar-refractivity contribution in [3.63, 3.8) is 0 Å². The molecule has 5 nitrogen and oxygen atoms in total. The van der Waals surface area contributed by atoms with Gasteiger partial charge in [-0.1, -0.05) is 6.07 Å². The molecule has 0 aliphatic carbocycles. The number of rotatable bonds is 2. The molecule has 2 aliphatic rings. The first-order chi connectivity index (χ1) is 10.2. The van der Waals surface area contributed by atoms with Gasteiger partial charge >= 0.3 is 5.97 Å². The molecule has 0 amide bonds. The molecule has 110 valence electrons. The van der Waals surface area contributed by atoms with E-state index in [0.717, 1.165) is 29.8 Å². The number of imidazole rings is 1. The van der Waals surface area contributed by atoms with Crippen molar-refractivity contribution in [1.29, 1.82) is 0 Å². The third kappa shape index (κ3) is 1.80. The standard InChI is InChI=1S/C16H19N3O2/c1-10-17-12-5-2-4-11(16(20)21)15(12)19(10)14-7-9-18-8-3-6-13(14)18/h2,4-5,13-14H,3,6-9H2,1H3,(H,20,21). The highest BCUT2D eigenvalue weighted by molar-refractivity contribution is 6.01. The summed E-state index contributed by atoms with van der Waals surface area (Å²) in [4.78, 5) is 18.7. The van der Waals surface area contributed by atoms with Gasteiger partial charge in [0.15, 0.2) is 0 Å². The summed E-state index contributed by atoms with van der Waals surface area (Å²) in [5, 5.41) is 9.50. The number of aromatic carboxylic acids is 1. The molecule has 2 saturated heterocycles. The van der Waals surface area contributed by atoms with Crippen molar-refractivity contribution in [2.45, 2.75) is 38.3 Å². The monoisotopic (exact) mass is 285 g/mol. The average molecular weight is 285 g/mol. The summed E-state index contributed by atoms with van der Waals surface area (Å²) in [7, 11) is 0. The second-order valence-corrected chi connectivity index (χ2v) is 6.11. The lowest BCUT2D eigenvalue weighted by atomic mass is 10.1. The number of fused-ring (bicyclic) bond motifs is 2. The Balaban J connectivity index is 1.92. The van der Waals surface area contributed by atoms with E-state index in [1.807, 2.05) is 13.0 Å². The summed E-state index contributed by atoms with van der Waals surface area (Å²) >= 11 is 0. The minimum Gasteiger partial charge on any atom is -0.478 e. The fourth-order valence-corrected chi connectivity index (χ4v) is 4.20. The maximum atomic E-state index is 11.6. The van der Waals surface area contributed by atoms with Gasteiger partial charge in [0.25, 0.3) is 0 Å². The van der Waals surface area contributed by atoms with Gasteiger partial charge < -0.3 is 9.67 Å². The molecule has 3 heterocycles. The summed E-state index contributed by atoms with van der Waals surface area (Å²) in [5.41, 5.74) is 1.95. The number of para-hydroxylation sites is 1. The lowest BCUT2D eigenvalue weighted by molar-refractivity contribution is 0.0698. The first-order valence-electron chi connectivity index (χ1n) is 7.61. The molecular weight excluding hydrogens is 266 g/mol. The number of aryl methyl sites for hydroxylation is 1. The zero-order valence-electron chi connectivity index (χ0n) is 12.1. The summed E-state index contributed by atoms with van der Waals surface area (Å²) in [6.07, 6.45) is 3.54. The van der Waals surface area contributed by atoms with E-state index < -0.39 is 5.97 Å². The number of benzene rings is 1. The quantitative estimate of drug-likeness (QED) is 0.921. The van der Waals surface area contributed by atoms with Gasteiger partial charge in [0, 0.05) is 12.6 Å². The van der Waals surface area contributed by atoms with Gasteiger partial charge in [0.05, 0.1) is 22.6 Å². The Hall–Kier alpha value is -1.88. The van der Waals surface area contributed by atoms with Crippen molar-refractivity contribution in [3.8, 4) is 0 Å². The van der Waals surface area contributed by atoms with Crippen LogP contribution in [-0.2, 0) is 0 Å². The van der Waals surface area contributed by atoms with Crippen LogP contribution >= 0.6 is 0 Å². The fourth-order valence-electron chi connectivity index (χ4n) is 4.20. The molecule has 0 radical (unpaired) electrons. The van der Waals surface area contributed by atoms with Crippen molar-refractivity contribution < 1.29 is 9.90 Å². The second kappa shape index (κ2) is 4.56. The number of aromatic nitrogens is 2. The topological polar surface area (TPSA) is 58.4 Å². The number of carboxylic acids is 1. The molecule has 21 heavy (non-hydrogen) atoms. The molecule has 1 N–H and O–H groups in total. The zero-order valence-corrected chi connectivity index (χ0v) is 12.1. The number of nitrogens with zero attached hydrogens (tertiary/aromatic N) is 3. The largest absolute Gasteiger partial charge is 0.478 e. The van der Waals surface area contributed by atoms with Gasteiger partial charge in [0.2, 0.25) is 0 Å². The van der Waals surface area contributed by atoms with Crippen molar-refractivity contribution in [1.82, 2.24) is 14.5 Å². The first kappa shape index (κ1) is 12.8. The van der Waals surface area contributed by atoms with Crippen molar-refractivity contribution in [2.75, 3.05) is 13.1 Å². The van der Waals surface area contributed by atoms with Crippen LogP contribution in [0.1, 0.15) is 41.5 Å². The van der Waals surface area contributed by atoms with Gasteiger partial charge in [-0.25, -0.2) is 9.78 Å². The lowest BCUT2D eigenvalue weighted by Crippen LogP contribution is -2.28. The van der Waals surface area contributed by atoms with Crippen LogP contribution in [0.3, 0.4) is 0 Å². The molecule has 5 heteroatoms. The Bertz CT molecular complexity index is 722. The van der Waals surface area contributed by atoms with E-state index in [4.69, 9.17) is 0 Å². The molecule has 0 spiro atoms. The van der Waals surface area contributed by atoms with Gasteiger partial charge in [-0.2, -0.15) is 0 Å². The van der Waals surface area contributed by atoms with Crippen LogP contribution in [-0.4, -0.2) is 44.7 Å². The van der Waals surface area contributed by atoms with Crippen LogP contribution in [0.2, 0.25) is 0 Å². The normalized spacial score (nSPS) is 25.6. The van der Waals surface area contributed by atoms with Crippen LogP contribution in [0.4, 0.5) is 0 Å². The third-order valence-electron chi connectivity index (χ3n) is 5.02. The van der Waals surface area contributed by atoms with Crippen LogP contribution < -0.4 is 0 Å². The Morgan fingerprint density at radius 2 is 2.14 bits per heavy atom. The zero-order chi connectivity index (χ0) is 14.6. The summed E-state index contributed by atoms with van der Waals surface area (Å²) < 4.78 is 2.19. The lowest BCUT2D eigenvalue weighted by Gasteiger charge is -2.23. The highest BCUT2D eigenvalue weighted by Gasteiger charge is 2.39. The molecular formula is C16H19N3O2. The molecule has 4 rings (SSSR count). The highest BCUT2D eigenvalue weighted by atomic mass is 16.4. The molecule has 0 saturated carbocycles. The van der Waals surface area contributed by atoms with E-state index in [1.165, 1.54) is 19.4 Å². The summed E-state index contributed by atoms with van der Waals surface area (Å²) in [6.45, 7) is 4.28. The molecule has 2 fully saturated rings. The van der Waals surface area contributed by atoms with Crippen LogP contribution in [0, 0.1) is 6.92 Å². The molecule has 2 unspecified atom stereocenters. The van der Waals surface area contributed by atoms with Crippen molar-refractivity contribution >= 4 is 17.0 Å². The number of carbonyl (C=O) groups is 1. The minimum atomic E-state index is -0.872. The van der Waals surface area contributed by atoms with E-state index in [-0.39, 0.29) is 0 Å². The molecule has 2 atom stereocenters. The van der Waals surface area contributed by atoms with Crippen molar-refractivity contribution in [3.05, 3.63) is 29.6 Å². The van der Waals surface area contributed by atoms with E-state index >= 15 is 0 Å². The Morgan fingerprint density at radius 1 is 1.29 bits per heavy atom. The van der Waals surface area contributed by atoms with Crippen LogP contribution in [0.15, 0.2) is 18.2 Å². The summed E-state index contributed by atoms with van der Waals surface area (Å²) in [5.74, 6) is 0.0560. The molecule has 1 aromatic heterocycles. The first-order valence-corrected chi connectivity index (χ1v) is 7.61. The van der Waals surface area contributed by atoms with Gasteiger partial charge in [-0.15, -0.1) is 0 Å². The SMILES string of the molecule is Cc1nc2cccc(C(=O)O)c2n1C1CCN2CCCC12. The molecule has 1 aromatic carbocycles. The van der Waals surface area contributed by atoms with Gasteiger partial charge in [0.1, 0.15) is 5.82 Å². The smallest absolute Gasteiger partial charge is 0.337 e. The van der Waals surface area contributed by atoms with Gasteiger partial charge in [-0.3, -0.25) is 4.90 Å². The van der Waals surface area contributed by atoms with Crippen molar-refractivity contribution in [2.24, 2.45) is 0 Å².